The SMILES string of the molecule is CC(C)(C)OC(=O)N1CCc2cccc(CNCc3ccno3)c21. The first-order chi connectivity index (χ1) is 11.4. The third kappa shape index (κ3) is 3.76. The van der Waals surface area contributed by atoms with Crippen LogP contribution in [0, 0.1) is 0 Å². The highest BCUT2D eigenvalue weighted by Gasteiger charge is 2.30. The van der Waals surface area contributed by atoms with Gasteiger partial charge in [-0.2, -0.15) is 0 Å². The van der Waals surface area contributed by atoms with Crippen LogP contribution in [0.3, 0.4) is 0 Å². The second-order valence-corrected chi connectivity index (χ2v) is 6.89. The molecule has 2 heterocycles. The average Bonchev–Trinajstić information content (AvgIpc) is 3.14. The van der Waals surface area contributed by atoms with E-state index in [1.807, 2.05) is 39.0 Å². The minimum atomic E-state index is -0.501. The Balaban J connectivity index is 1.73. The summed E-state index contributed by atoms with van der Waals surface area (Å²) in [7, 11) is 0. The van der Waals surface area contributed by atoms with Gasteiger partial charge in [0.05, 0.1) is 18.4 Å². The minimum absolute atomic E-state index is 0.288. The van der Waals surface area contributed by atoms with Gasteiger partial charge in [-0.25, -0.2) is 4.79 Å². The van der Waals surface area contributed by atoms with E-state index in [-0.39, 0.29) is 6.09 Å². The van der Waals surface area contributed by atoms with Crippen LogP contribution in [0.1, 0.15) is 37.7 Å². The number of ether oxygens (including phenoxy) is 1. The highest BCUT2D eigenvalue weighted by molar-refractivity contribution is 5.91. The van der Waals surface area contributed by atoms with Crippen molar-refractivity contribution >= 4 is 11.8 Å². The lowest BCUT2D eigenvalue weighted by Gasteiger charge is -2.26. The average molecular weight is 329 g/mol. The van der Waals surface area contributed by atoms with Gasteiger partial charge < -0.3 is 14.6 Å². The van der Waals surface area contributed by atoms with Crippen molar-refractivity contribution in [3.63, 3.8) is 0 Å². The Labute approximate surface area is 141 Å². The summed E-state index contributed by atoms with van der Waals surface area (Å²) in [5, 5.41) is 7.02. The predicted octanol–water partition coefficient (Wildman–Crippen LogP) is 3.26. The van der Waals surface area contributed by atoms with Gasteiger partial charge in [-0.15, -0.1) is 0 Å². The minimum Gasteiger partial charge on any atom is -0.443 e. The standard InChI is InChI=1S/C18H23N3O3/c1-18(2,3)23-17(22)21-10-8-13-5-4-6-14(16(13)21)11-19-12-15-7-9-20-24-15/h4-7,9,19H,8,10-12H2,1-3H3. The van der Waals surface area contributed by atoms with Gasteiger partial charge in [-0.05, 0) is 38.3 Å². The third-order valence-corrected chi connectivity index (χ3v) is 3.80. The molecule has 6 nitrogen and oxygen atoms in total. The Hall–Kier alpha value is -2.34. The fourth-order valence-electron chi connectivity index (χ4n) is 2.83. The molecular formula is C18H23N3O3. The molecular weight excluding hydrogens is 306 g/mol. The van der Waals surface area contributed by atoms with Crippen LogP contribution in [-0.4, -0.2) is 23.4 Å². The summed E-state index contributed by atoms with van der Waals surface area (Å²) in [6.45, 7) is 7.54. The maximum atomic E-state index is 12.5. The summed E-state index contributed by atoms with van der Waals surface area (Å²) in [4.78, 5) is 14.2. The molecule has 1 aromatic heterocycles. The first-order valence-electron chi connectivity index (χ1n) is 8.15. The summed E-state index contributed by atoms with van der Waals surface area (Å²) in [5.74, 6) is 0.784. The first kappa shape index (κ1) is 16.5. The number of fused-ring (bicyclic) bond motifs is 1. The van der Waals surface area contributed by atoms with Gasteiger partial charge in [0, 0.05) is 19.2 Å². The van der Waals surface area contributed by atoms with E-state index in [1.54, 1.807) is 11.1 Å². The second kappa shape index (κ2) is 6.65. The molecule has 1 N–H and O–H groups in total. The van der Waals surface area contributed by atoms with Gasteiger partial charge in [0.25, 0.3) is 0 Å². The van der Waals surface area contributed by atoms with Crippen LogP contribution in [0.5, 0.6) is 0 Å². The van der Waals surface area contributed by atoms with Crippen LogP contribution in [0.25, 0.3) is 0 Å². The summed E-state index contributed by atoms with van der Waals surface area (Å²) in [6, 6.07) is 7.97. The molecule has 1 aliphatic rings. The highest BCUT2D eigenvalue weighted by atomic mass is 16.6. The largest absolute Gasteiger partial charge is 0.443 e. The number of amides is 1. The van der Waals surface area contributed by atoms with Gasteiger partial charge in [-0.3, -0.25) is 4.90 Å². The number of para-hydroxylation sites is 1. The molecule has 0 saturated carbocycles. The van der Waals surface area contributed by atoms with E-state index in [2.05, 4.69) is 16.5 Å². The Morgan fingerprint density at radius 2 is 2.17 bits per heavy atom. The van der Waals surface area contributed by atoms with Crippen LogP contribution in [-0.2, 0) is 24.2 Å². The van der Waals surface area contributed by atoms with Crippen LogP contribution in [0.2, 0.25) is 0 Å². The number of aromatic nitrogens is 1. The molecule has 128 valence electrons. The van der Waals surface area contributed by atoms with Gasteiger partial charge >= 0.3 is 6.09 Å². The number of hydrogen-bond acceptors (Lipinski definition) is 5. The first-order valence-corrected chi connectivity index (χ1v) is 8.15. The molecule has 1 aliphatic heterocycles. The number of anilines is 1. The molecule has 1 aromatic carbocycles. The molecule has 0 spiro atoms. The predicted molar refractivity (Wildman–Crippen MR) is 90.8 cm³/mol. The van der Waals surface area contributed by atoms with Crippen molar-refractivity contribution in [1.82, 2.24) is 10.5 Å². The number of carbonyl (C=O) groups is 1. The van der Waals surface area contributed by atoms with Crippen molar-refractivity contribution in [2.24, 2.45) is 0 Å². The normalized spacial score (nSPS) is 13.9. The lowest BCUT2D eigenvalue weighted by molar-refractivity contribution is 0.0583. The van der Waals surface area contributed by atoms with E-state index in [1.165, 1.54) is 5.56 Å². The number of nitrogens with zero attached hydrogens (tertiary/aromatic N) is 2. The summed E-state index contributed by atoms with van der Waals surface area (Å²) >= 11 is 0. The molecule has 0 fully saturated rings. The lowest BCUT2D eigenvalue weighted by atomic mass is 10.1. The summed E-state index contributed by atoms with van der Waals surface area (Å²) < 4.78 is 10.6. The summed E-state index contributed by atoms with van der Waals surface area (Å²) in [6.07, 6.45) is 2.19. The number of hydrogen-bond donors (Lipinski definition) is 1. The topological polar surface area (TPSA) is 67.6 Å². The molecule has 1 amide bonds. The molecule has 3 rings (SSSR count). The molecule has 0 radical (unpaired) electrons. The van der Waals surface area contributed by atoms with Crippen LogP contribution < -0.4 is 10.2 Å². The monoisotopic (exact) mass is 329 g/mol. The van der Waals surface area contributed by atoms with Crippen LogP contribution >= 0.6 is 0 Å². The number of benzene rings is 1. The van der Waals surface area contributed by atoms with Crippen molar-refractivity contribution in [3.8, 4) is 0 Å². The maximum absolute atomic E-state index is 12.5. The molecule has 0 atom stereocenters. The van der Waals surface area contributed by atoms with Crippen LogP contribution in [0.15, 0.2) is 35.0 Å². The van der Waals surface area contributed by atoms with Gasteiger partial charge in [0.2, 0.25) is 0 Å². The quantitative estimate of drug-likeness (QED) is 0.932. The lowest BCUT2D eigenvalue weighted by Crippen LogP contribution is -2.36. The Morgan fingerprint density at radius 1 is 1.33 bits per heavy atom. The summed E-state index contributed by atoms with van der Waals surface area (Å²) in [5.41, 5.74) is 2.73. The zero-order chi connectivity index (χ0) is 17.2. The Morgan fingerprint density at radius 3 is 2.88 bits per heavy atom. The fraction of sp³-hybridized carbons (Fsp3) is 0.444. The van der Waals surface area contributed by atoms with E-state index >= 15 is 0 Å². The number of nitrogens with one attached hydrogen (secondary N) is 1. The Bertz CT molecular complexity index is 705. The zero-order valence-corrected chi connectivity index (χ0v) is 14.3. The van der Waals surface area contributed by atoms with E-state index in [4.69, 9.17) is 9.26 Å². The van der Waals surface area contributed by atoms with E-state index in [0.29, 0.717) is 19.6 Å². The maximum Gasteiger partial charge on any atom is 0.414 e. The number of rotatable bonds is 4. The van der Waals surface area contributed by atoms with Gasteiger partial charge in [-0.1, -0.05) is 23.4 Å². The molecule has 0 unspecified atom stereocenters. The van der Waals surface area contributed by atoms with Crippen molar-refractivity contribution in [2.45, 2.75) is 45.9 Å². The van der Waals surface area contributed by atoms with Gasteiger partial charge in [0.15, 0.2) is 0 Å². The molecule has 24 heavy (non-hydrogen) atoms. The molecule has 6 heteroatoms. The smallest absolute Gasteiger partial charge is 0.414 e. The second-order valence-electron chi connectivity index (χ2n) is 6.89. The van der Waals surface area contributed by atoms with E-state index in [9.17, 15) is 4.79 Å². The van der Waals surface area contributed by atoms with Gasteiger partial charge in [0.1, 0.15) is 11.4 Å². The zero-order valence-electron chi connectivity index (χ0n) is 14.3. The van der Waals surface area contributed by atoms with Crippen molar-refractivity contribution in [1.29, 1.82) is 0 Å². The van der Waals surface area contributed by atoms with Crippen molar-refractivity contribution in [3.05, 3.63) is 47.3 Å². The Kier molecular flexibility index (Phi) is 4.57. The third-order valence-electron chi connectivity index (χ3n) is 3.80. The molecule has 0 aliphatic carbocycles. The van der Waals surface area contributed by atoms with Crippen molar-refractivity contribution in [2.75, 3.05) is 11.4 Å². The number of carbonyl (C=O) groups excluding carboxylic acids is 1. The fourth-order valence-corrected chi connectivity index (χ4v) is 2.83. The van der Waals surface area contributed by atoms with E-state index < -0.39 is 5.60 Å². The molecule has 0 saturated heterocycles. The van der Waals surface area contributed by atoms with E-state index in [0.717, 1.165) is 23.4 Å². The van der Waals surface area contributed by atoms with Crippen molar-refractivity contribution < 1.29 is 14.1 Å². The molecule has 0 bridgehead atoms. The highest BCUT2D eigenvalue weighted by Crippen LogP contribution is 2.33. The molecule has 2 aromatic rings. The van der Waals surface area contributed by atoms with Crippen LogP contribution in [0.4, 0.5) is 10.5 Å².